The number of aryl methyl sites for hydroxylation is 1. The third kappa shape index (κ3) is 3.98. The number of nitrogens with zero attached hydrogens (tertiary/aromatic N) is 6. The second-order valence-electron chi connectivity index (χ2n) is 7.10. The molecule has 0 bridgehead atoms. The van der Waals surface area contributed by atoms with Crippen LogP contribution in [-0.4, -0.2) is 61.9 Å². The summed E-state index contributed by atoms with van der Waals surface area (Å²) in [5.74, 6) is -2.40. The van der Waals surface area contributed by atoms with Crippen LogP contribution in [0.4, 0.5) is 8.78 Å². The lowest BCUT2D eigenvalue weighted by Gasteiger charge is -2.31. The maximum atomic E-state index is 13.5. The van der Waals surface area contributed by atoms with Gasteiger partial charge in [-0.05, 0) is 31.2 Å². The molecule has 1 fully saturated rings. The van der Waals surface area contributed by atoms with Crippen molar-refractivity contribution in [3.8, 4) is 23.0 Å². The van der Waals surface area contributed by atoms with E-state index < -0.39 is 11.8 Å². The van der Waals surface area contributed by atoms with Crippen molar-refractivity contribution in [2.75, 3.05) is 20.2 Å². The first-order valence-corrected chi connectivity index (χ1v) is 9.44. The van der Waals surface area contributed by atoms with Gasteiger partial charge in [-0.2, -0.15) is 5.10 Å². The smallest absolute Gasteiger partial charge is 0.274 e. The van der Waals surface area contributed by atoms with E-state index in [1.165, 1.54) is 16.7 Å². The average molecular weight is 414 g/mol. The lowest BCUT2D eigenvalue weighted by molar-refractivity contribution is -0.0495. The van der Waals surface area contributed by atoms with Gasteiger partial charge < -0.3 is 9.64 Å². The number of pyridine rings is 1. The molecular weight excluding hydrogens is 394 g/mol. The maximum absolute atomic E-state index is 13.5. The molecule has 4 rings (SSSR count). The van der Waals surface area contributed by atoms with Gasteiger partial charge in [-0.15, -0.1) is 10.2 Å². The number of halogens is 2. The van der Waals surface area contributed by atoms with Crippen molar-refractivity contribution in [1.29, 1.82) is 0 Å². The van der Waals surface area contributed by atoms with Gasteiger partial charge in [-0.3, -0.25) is 9.78 Å². The van der Waals surface area contributed by atoms with Crippen LogP contribution in [0, 0.1) is 6.92 Å². The fourth-order valence-electron chi connectivity index (χ4n) is 3.22. The first kappa shape index (κ1) is 19.9. The average Bonchev–Trinajstić information content (AvgIpc) is 3.19. The zero-order chi connectivity index (χ0) is 21.3. The quantitative estimate of drug-likeness (QED) is 0.653. The summed E-state index contributed by atoms with van der Waals surface area (Å²) >= 11 is 0. The van der Waals surface area contributed by atoms with Crippen molar-refractivity contribution in [1.82, 2.24) is 29.9 Å². The highest BCUT2D eigenvalue weighted by atomic mass is 19.3. The SMILES string of the molecule is COc1ccc(-n2nc(C(=O)N3CCC(F)(F)CC3)cc2-c2ccc(C)nc2)nn1. The van der Waals surface area contributed by atoms with Crippen LogP contribution in [0.15, 0.2) is 36.5 Å². The van der Waals surface area contributed by atoms with Crippen LogP contribution >= 0.6 is 0 Å². The largest absolute Gasteiger partial charge is 0.480 e. The molecule has 8 nitrogen and oxygen atoms in total. The molecule has 0 radical (unpaired) electrons. The topological polar surface area (TPSA) is 86.0 Å². The van der Waals surface area contributed by atoms with Gasteiger partial charge in [0.15, 0.2) is 11.5 Å². The Morgan fingerprint density at radius 1 is 1.13 bits per heavy atom. The van der Waals surface area contributed by atoms with E-state index in [1.807, 2.05) is 19.1 Å². The summed E-state index contributed by atoms with van der Waals surface area (Å²) in [7, 11) is 1.49. The van der Waals surface area contributed by atoms with Crippen molar-refractivity contribution in [3.63, 3.8) is 0 Å². The number of piperidine rings is 1. The third-order valence-electron chi connectivity index (χ3n) is 4.97. The predicted octanol–water partition coefficient (Wildman–Crippen LogP) is 2.91. The summed E-state index contributed by atoms with van der Waals surface area (Å²) in [4.78, 5) is 18.6. The number of carbonyl (C=O) groups excluding carboxylic acids is 1. The van der Waals surface area contributed by atoms with Crippen LogP contribution in [0.5, 0.6) is 5.88 Å². The Morgan fingerprint density at radius 2 is 1.90 bits per heavy atom. The van der Waals surface area contributed by atoms with Gasteiger partial charge in [-0.1, -0.05) is 0 Å². The zero-order valence-electron chi connectivity index (χ0n) is 16.5. The van der Waals surface area contributed by atoms with Crippen molar-refractivity contribution in [3.05, 3.63) is 47.9 Å². The Balaban J connectivity index is 1.71. The van der Waals surface area contributed by atoms with Crippen molar-refractivity contribution in [2.24, 2.45) is 0 Å². The van der Waals surface area contributed by atoms with Crippen LogP contribution in [0.2, 0.25) is 0 Å². The molecule has 0 N–H and O–H groups in total. The van der Waals surface area contributed by atoms with Crippen molar-refractivity contribution < 1.29 is 18.3 Å². The van der Waals surface area contributed by atoms with E-state index >= 15 is 0 Å². The normalized spacial score (nSPS) is 15.8. The molecule has 30 heavy (non-hydrogen) atoms. The molecule has 0 aromatic carbocycles. The molecule has 3 aromatic rings. The lowest BCUT2D eigenvalue weighted by Crippen LogP contribution is -2.42. The Bertz CT molecular complexity index is 1040. The number of carbonyl (C=O) groups is 1. The number of alkyl halides is 2. The minimum Gasteiger partial charge on any atom is -0.480 e. The first-order chi connectivity index (χ1) is 14.4. The molecule has 0 saturated carbocycles. The number of rotatable bonds is 4. The highest BCUT2D eigenvalue weighted by Gasteiger charge is 2.36. The molecule has 0 atom stereocenters. The number of hydrogen-bond donors (Lipinski definition) is 0. The summed E-state index contributed by atoms with van der Waals surface area (Å²) in [6.45, 7) is 1.85. The molecule has 1 aliphatic heterocycles. The number of methoxy groups -OCH3 is 1. The van der Waals surface area contributed by atoms with E-state index in [2.05, 4.69) is 20.3 Å². The zero-order valence-corrected chi connectivity index (χ0v) is 16.5. The van der Waals surface area contributed by atoms with E-state index in [0.29, 0.717) is 17.4 Å². The third-order valence-corrected chi connectivity index (χ3v) is 4.97. The maximum Gasteiger partial charge on any atom is 0.274 e. The lowest BCUT2D eigenvalue weighted by atomic mass is 10.1. The molecular formula is C20H20F2N6O2. The van der Waals surface area contributed by atoms with Crippen LogP contribution in [0.3, 0.4) is 0 Å². The van der Waals surface area contributed by atoms with Crippen LogP contribution in [0.25, 0.3) is 17.1 Å². The van der Waals surface area contributed by atoms with Gasteiger partial charge in [0.1, 0.15) is 0 Å². The van der Waals surface area contributed by atoms with Gasteiger partial charge in [-0.25, -0.2) is 13.5 Å². The van der Waals surface area contributed by atoms with Crippen molar-refractivity contribution >= 4 is 5.91 Å². The first-order valence-electron chi connectivity index (χ1n) is 9.44. The molecule has 1 aliphatic rings. The number of likely N-dealkylation sites (tertiary alicyclic amines) is 1. The standard InChI is InChI=1S/C20H20F2N6O2/c1-13-3-4-14(12-23-13)16-11-15(19(29)27-9-7-20(21,22)8-10-27)26-28(16)17-5-6-18(30-2)25-24-17/h3-6,11-12H,7-10H2,1-2H3. The number of aromatic nitrogens is 5. The fraction of sp³-hybridized carbons (Fsp3) is 0.350. The molecule has 0 aliphatic carbocycles. The van der Waals surface area contributed by atoms with Crippen LogP contribution in [0.1, 0.15) is 29.0 Å². The van der Waals surface area contributed by atoms with E-state index in [0.717, 1.165) is 11.3 Å². The van der Waals surface area contributed by atoms with Crippen molar-refractivity contribution in [2.45, 2.75) is 25.7 Å². The molecule has 1 amide bonds. The van der Waals surface area contributed by atoms with Gasteiger partial charge in [0, 0.05) is 49.5 Å². The molecule has 0 spiro atoms. The van der Waals surface area contributed by atoms with E-state index in [-0.39, 0.29) is 31.6 Å². The highest BCUT2D eigenvalue weighted by molar-refractivity contribution is 5.93. The monoisotopic (exact) mass is 414 g/mol. The molecule has 3 aromatic heterocycles. The Labute approximate surface area is 171 Å². The molecule has 156 valence electrons. The van der Waals surface area contributed by atoms with Crippen LogP contribution in [-0.2, 0) is 0 Å². The van der Waals surface area contributed by atoms with Gasteiger partial charge >= 0.3 is 0 Å². The fourth-order valence-corrected chi connectivity index (χ4v) is 3.22. The highest BCUT2D eigenvalue weighted by Crippen LogP contribution is 2.29. The van der Waals surface area contributed by atoms with Crippen LogP contribution < -0.4 is 4.74 Å². The Morgan fingerprint density at radius 3 is 2.50 bits per heavy atom. The summed E-state index contributed by atoms with van der Waals surface area (Å²) in [6, 6.07) is 8.63. The molecule has 1 saturated heterocycles. The van der Waals surface area contributed by atoms with Gasteiger partial charge in [0.25, 0.3) is 11.8 Å². The predicted molar refractivity (Wildman–Crippen MR) is 104 cm³/mol. The number of ether oxygens (including phenoxy) is 1. The van der Waals surface area contributed by atoms with E-state index in [4.69, 9.17) is 4.74 Å². The summed E-state index contributed by atoms with van der Waals surface area (Å²) in [5.41, 5.74) is 2.32. The minimum atomic E-state index is -2.73. The number of amides is 1. The molecule has 0 unspecified atom stereocenters. The minimum absolute atomic E-state index is 0.0115. The number of hydrogen-bond acceptors (Lipinski definition) is 6. The summed E-state index contributed by atoms with van der Waals surface area (Å²) in [5, 5.41) is 12.5. The molecule has 10 heteroatoms. The second-order valence-corrected chi connectivity index (χ2v) is 7.10. The second kappa shape index (κ2) is 7.77. The van der Waals surface area contributed by atoms with E-state index in [1.54, 1.807) is 24.4 Å². The summed E-state index contributed by atoms with van der Waals surface area (Å²) in [6.07, 6.45) is 0.978. The Kier molecular flexibility index (Phi) is 5.15. The van der Waals surface area contributed by atoms with Gasteiger partial charge in [0.2, 0.25) is 5.88 Å². The molecule has 4 heterocycles. The summed E-state index contributed by atoms with van der Waals surface area (Å²) < 4.78 is 33.4. The Hall–Kier alpha value is -3.43. The van der Waals surface area contributed by atoms with E-state index in [9.17, 15) is 13.6 Å². The van der Waals surface area contributed by atoms with Gasteiger partial charge in [0.05, 0.1) is 12.8 Å².